The van der Waals surface area contributed by atoms with Crippen LogP contribution in [0, 0.1) is 5.82 Å². The van der Waals surface area contributed by atoms with Gasteiger partial charge in [-0.25, -0.2) is 4.39 Å². The zero-order valence-electron chi connectivity index (χ0n) is 12.3. The molecule has 5 nitrogen and oxygen atoms in total. The lowest BCUT2D eigenvalue weighted by Gasteiger charge is -2.18. The summed E-state index contributed by atoms with van der Waals surface area (Å²) in [5.74, 6) is -0.421. The van der Waals surface area contributed by atoms with Gasteiger partial charge in [0.25, 0.3) is 0 Å². The van der Waals surface area contributed by atoms with E-state index in [9.17, 15) is 14.0 Å². The summed E-state index contributed by atoms with van der Waals surface area (Å²) in [7, 11) is 3.63. The SMILES string of the molecule is CN(C)CC(=O)N[C@@H]1CC(=O)N(Cc2cccc(F)c2)C1. The monoisotopic (exact) mass is 293 g/mol. The molecule has 6 heteroatoms. The van der Waals surface area contributed by atoms with Gasteiger partial charge in [0, 0.05) is 19.5 Å². The van der Waals surface area contributed by atoms with Gasteiger partial charge in [-0.15, -0.1) is 0 Å². The molecule has 2 amide bonds. The summed E-state index contributed by atoms with van der Waals surface area (Å²) < 4.78 is 13.1. The average molecular weight is 293 g/mol. The van der Waals surface area contributed by atoms with Gasteiger partial charge >= 0.3 is 0 Å². The Bertz CT molecular complexity index is 533. The molecule has 0 spiro atoms. The third kappa shape index (κ3) is 4.53. The summed E-state index contributed by atoms with van der Waals surface area (Å²) in [6.45, 7) is 1.14. The number of benzene rings is 1. The Morgan fingerprint density at radius 1 is 1.48 bits per heavy atom. The first-order valence-electron chi connectivity index (χ1n) is 6.90. The Morgan fingerprint density at radius 3 is 2.90 bits per heavy atom. The van der Waals surface area contributed by atoms with E-state index < -0.39 is 0 Å². The van der Waals surface area contributed by atoms with Gasteiger partial charge in [0.1, 0.15) is 5.82 Å². The molecule has 1 atom stereocenters. The summed E-state index contributed by atoms with van der Waals surface area (Å²) in [5.41, 5.74) is 0.753. The van der Waals surface area contributed by atoms with Crippen LogP contribution >= 0.6 is 0 Å². The Morgan fingerprint density at radius 2 is 2.24 bits per heavy atom. The zero-order valence-corrected chi connectivity index (χ0v) is 12.3. The fourth-order valence-electron chi connectivity index (χ4n) is 2.44. The van der Waals surface area contributed by atoms with E-state index >= 15 is 0 Å². The van der Waals surface area contributed by atoms with Gasteiger partial charge in [-0.05, 0) is 31.8 Å². The number of hydrogen-bond acceptors (Lipinski definition) is 3. The first-order valence-corrected chi connectivity index (χ1v) is 6.90. The molecule has 0 unspecified atom stereocenters. The molecule has 1 fully saturated rings. The minimum Gasteiger partial charge on any atom is -0.350 e. The number of likely N-dealkylation sites (N-methyl/N-ethyl adjacent to an activating group) is 1. The second-order valence-electron chi connectivity index (χ2n) is 5.61. The minimum absolute atomic E-state index is 0.0191. The van der Waals surface area contributed by atoms with Gasteiger partial charge in [-0.2, -0.15) is 0 Å². The fraction of sp³-hybridized carbons (Fsp3) is 0.467. The largest absolute Gasteiger partial charge is 0.350 e. The van der Waals surface area contributed by atoms with Crippen molar-refractivity contribution >= 4 is 11.8 Å². The maximum Gasteiger partial charge on any atom is 0.234 e. The molecule has 1 aliphatic rings. The van der Waals surface area contributed by atoms with Crippen molar-refractivity contribution in [1.29, 1.82) is 0 Å². The number of halogens is 1. The van der Waals surface area contributed by atoms with Crippen LogP contribution in [0.15, 0.2) is 24.3 Å². The smallest absolute Gasteiger partial charge is 0.234 e. The quantitative estimate of drug-likeness (QED) is 0.865. The van der Waals surface area contributed by atoms with Crippen LogP contribution in [0.2, 0.25) is 0 Å². The molecule has 1 N–H and O–H groups in total. The number of nitrogens with one attached hydrogen (secondary N) is 1. The van der Waals surface area contributed by atoms with Crippen LogP contribution in [0.5, 0.6) is 0 Å². The van der Waals surface area contributed by atoms with E-state index in [2.05, 4.69) is 5.32 Å². The van der Waals surface area contributed by atoms with E-state index in [4.69, 9.17) is 0 Å². The highest BCUT2D eigenvalue weighted by atomic mass is 19.1. The Balaban J connectivity index is 1.89. The Labute approximate surface area is 123 Å². The van der Waals surface area contributed by atoms with Crippen molar-refractivity contribution in [2.75, 3.05) is 27.2 Å². The number of likely N-dealkylation sites (tertiary alicyclic amines) is 1. The summed E-state index contributed by atoms with van der Waals surface area (Å²) in [6, 6.07) is 6.04. The molecular formula is C15H20FN3O2. The molecule has 1 heterocycles. The topological polar surface area (TPSA) is 52.7 Å². The normalized spacial score (nSPS) is 18.4. The molecule has 0 aliphatic carbocycles. The van der Waals surface area contributed by atoms with E-state index in [1.54, 1.807) is 21.9 Å². The van der Waals surface area contributed by atoms with Crippen LogP contribution in [0.25, 0.3) is 0 Å². The van der Waals surface area contributed by atoms with Crippen LogP contribution in [0.1, 0.15) is 12.0 Å². The number of rotatable bonds is 5. The molecule has 2 rings (SSSR count). The van der Waals surface area contributed by atoms with Crippen LogP contribution in [-0.2, 0) is 16.1 Å². The molecule has 0 saturated carbocycles. The maximum atomic E-state index is 13.1. The number of amides is 2. The van der Waals surface area contributed by atoms with Crippen molar-refractivity contribution in [3.8, 4) is 0 Å². The van der Waals surface area contributed by atoms with E-state index in [0.29, 0.717) is 26.1 Å². The van der Waals surface area contributed by atoms with Crippen LogP contribution in [-0.4, -0.2) is 54.8 Å². The lowest BCUT2D eigenvalue weighted by atomic mass is 10.2. The van der Waals surface area contributed by atoms with Gasteiger partial charge in [0.2, 0.25) is 11.8 Å². The Kier molecular flexibility index (Phi) is 4.90. The number of carbonyl (C=O) groups is 2. The second kappa shape index (κ2) is 6.67. The van der Waals surface area contributed by atoms with Gasteiger partial charge in [0.05, 0.1) is 12.6 Å². The van der Waals surface area contributed by atoms with Crippen molar-refractivity contribution in [1.82, 2.24) is 15.1 Å². The molecule has 0 radical (unpaired) electrons. The van der Waals surface area contributed by atoms with Gasteiger partial charge in [-0.1, -0.05) is 12.1 Å². The molecule has 114 valence electrons. The molecular weight excluding hydrogens is 273 g/mol. The standard InChI is InChI=1S/C15H20FN3O2/c1-18(2)10-14(20)17-13-7-15(21)19(9-13)8-11-4-3-5-12(16)6-11/h3-6,13H,7-10H2,1-2H3,(H,17,20)/t13-/m1/s1. The predicted octanol–water partition coefficient (Wildman–Crippen LogP) is 0.604. The third-order valence-electron chi connectivity index (χ3n) is 3.30. The molecule has 1 aromatic carbocycles. The highest BCUT2D eigenvalue weighted by Gasteiger charge is 2.30. The van der Waals surface area contributed by atoms with Crippen molar-refractivity contribution in [3.63, 3.8) is 0 Å². The molecule has 0 aromatic heterocycles. The summed E-state index contributed by atoms with van der Waals surface area (Å²) >= 11 is 0. The van der Waals surface area contributed by atoms with E-state index in [1.807, 2.05) is 14.1 Å². The highest BCUT2D eigenvalue weighted by Crippen LogP contribution is 2.15. The second-order valence-corrected chi connectivity index (χ2v) is 5.61. The summed E-state index contributed by atoms with van der Waals surface area (Å²) in [4.78, 5) is 27.1. The molecule has 21 heavy (non-hydrogen) atoms. The molecule has 0 bridgehead atoms. The highest BCUT2D eigenvalue weighted by molar-refractivity contribution is 5.83. The van der Waals surface area contributed by atoms with E-state index in [1.165, 1.54) is 12.1 Å². The minimum atomic E-state index is -0.310. The predicted molar refractivity (Wildman–Crippen MR) is 76.9 cm³/mol. The lowest BCUT2D eigenvalue weighted by molar-refractivity contribution is -0.128. The Hall–Kier alpha value is -1.95. The first-order chi connectivity index (χ1) is 9.94. The summed E-state index contributed by atoms with van der Waals surface area (Å²) in [6.07, 6.45) is 0.300. The van der Waals surface area contributed by atoms with Crippen molar-refractivity contribution in [2.45, 2.75) is 19.0 Å². The van der Waals surface area contributed by atoms with Crippen LogP contribution in [0.3, 0.4) is 0 Å². The first kappa shape index (κ1) is 15.4. The van der Waals surface area contributed by atoms with Crippen molar-refractivity contribution in [2.24, 2.45) is 0 Å². The summed E-state index contributed by atoms with van der Waals surface area (Å²) in [5, 5.41) is 2.85. The molecule has 1 saturated heterocycles. The average Bonchev–Trinajstić information content (AvgIpc) is 2.68. The zero-order chi connectivity index (χ0) is 15.4. The van der Waals surface area contributed by atoms with Crippen LogP contribution < -0.4 is 5.32 Å². The number of carbonyl (C=O) groups excluding carboxylic acids is 2. The lowest BCUT2D eigenvalue weighted by Crippen LogP contribution is -2.41. The van der Waals surface area contributed by atoms with Crippen LogP contribution in [0.4, 0.5) is 4.39 Å². The number of nitrogens with zero attached hydrogens (tertiary/aromatic N) is 2. The van der Waals surface area contributed by atoms with Gasteiger partial charge < -0.3 is 15.1 Å². The molecule has 1 aliphatic heterocycles. The number of hydrogen-bond donors (Lipinski definition) is 1. The van der Waals surface area contributed by atoms with E-state index in [-0.39, 0.29) is 23.7 Å². The fourth-order valence-corrected chi connectivity index (χ4v) is 2.44. The maximum absolute atomic E-state index is 13.1. The van der Waals surface area contributed by atoms with Gasteiger partial charge in [-0.3, -0.25) is 9.59 Å². The van der Waals surface area contributed by atoms with Gasteiger partial charge in [0.15, 0.2) is 0 Å². The van der Waals surface area contributed by atoms with Crippen molar-refractivity contribution < 1.29 is 14.0 Å². The van der Waals surface area contributed by atoms with Crippen molar-refractivity contribution in [3.05, 3.63) is 35.6 Å². The third-order valence-corrected chi connectivity index (χ3v) is 3.30. The molecule has 1 aromatic rings. The van der Waals surface area contributed by atoms with E-state index in [0.717, 1.165) is 5.56 Å².